The van der Waals surface area contributed by atoms with Crippen molar-refractivity contribution in [3.05, 3.63) is 17.8 Å². The van der Waals surface area contributed by atoms with Crippen molar-refractivity contribution in [2.75, 3.05) is 6.61 Å². The number of nitrogens with zero attached hydrogens (tertiary/aromatic N) is 1. The molecule has 0 aromatic carbocycles. The van der Waals surface area contributed by atoms with Crippen molar-refractivity contribution in [3.8, 4) is 0 Å². The second-order valence-electron chi connectivity index (χ2n) is 6.67. The zero-order valence-corrected chi connectivity index (χ0v) is 12.4. The number of oxazole rings is 1. The molecule has 1 aromatic rings. The molecule has 1 aliphatic heterocycles. The van der Waals surface area contributed by atoms with E-state index in [1.807, 2.05) is 0 Å². The number of aromatic nitrogens is 1. The zero-order valence-electron chi connectivity index (χ0n) is 12.4. The van der Waals surface area contributed by atoms with Crippen LogP contribution in [0.2, 0.25) is 0 Å². The van der Waals surface area contributed by atoms with Crippen LogP contribution in [0.1, 0.15) is 48.4 Å². The summed E-state index contributed by atoms with van der Waals surface area (Å²) in [7, 11) is 0. The normalized spacial score (nSPS) is 35.5. The molecule has 0 bridgehead atoms. The molecule has 1 saturated heterocycles. The molecule has 5 heteroatoms. The summed E-state index contributed by atoms with van der Waals surface area (Å²) in [6, 6.07) is 0.254. The van der Waals surface area contributed by atoms with E-state index in [1.54, 1.807) is 6.92 Å². The highest BCUT2D eigenvalue weighted by molar-refractivity contribution is 5.93. The predicted molar refractivity (Wildman–Crippen MR) is 75.8 cm³/mol. The highest BCUT2D eigenvalue weighted by atomic mass is 16.5. The molecule has 5 nitrogen and oxygen atoms in total. The van der Waals surface area contributed by atoms with Crippen molar-refractivity contribution >= 4 is 5.91 Å². The number of hydrogen-bond acceptors (Lipinski definition) is 4. The Morgan fingerprint density at radius 2 is 2.14 bits per heavy atom. The summed E-state index contributed by atoms with van der Waals surface area (Å²) in [6.07, 6.45) is 7.98. The average molecular weight is 290 g/mol. The molecular formula is C16H22N2O3. The summed E-state index contributed by atoms with van der Waals surface area (Å²) in [6.45, 7) is 2.62. The van der Waals surface area contributed by atoms with Crippen LogP contribution in [0.5, 0.6) is 0 Å². The van der Waals surface area contributed by atoms with Gasteiger partial charge in [0.15, 0.2) is 12.1 Å². The van der Waals surface area contributed by atoms with E-state index in [-0.39, 0.29) is 11.9 Å². The maximum absolute atomic E-state index is 12.4. The quantitative estimate of drug-likeness (QED) is 0.927. The van der Waals surface area contributed by atoms with Crippen LogP contribution in [-0.4, -0.2) is 29.6 Å². The standard InChI is InChI=1S/C16H22N2O3/c1-9-13(17-8-21-9)16(19)18-14-11-6-7-20-15(11)12(14)10-4-2-3-5-10/h8,10-12,14-15H,2-7H2,1H3,(H,18,19)/t11-,12+,14-,15-/m0/s1. The number of nitrogens with one attached hydrogen (secondary N) is 1. The first-order valence-corrected chi connectivity index (χ1v) is 8.08. The van der Waals surface area contributed by atoms with Crippen LogP contribution in [0.15, 0.2) is 10.8 Å². The number of carbonyl (C=O) groups is 1. The lowest BCUT2D eigenvalue weighted by atomic mass is 9.61. The van der Waals surface area contributed by atoms with Crippen LogP contribution in [0.25, 0.3) is 0 Å². The van der Waals surface area contributed by atoms with Gasteiger partial charge in [0.05, 0.1) is 6.10 Å². The lowest BCUT2D eigenvalue weighted by Gasteiger charge is -2.50. The van der Waals surface area contributed by atoms with Gasteiger partial charge < -0.3 is 14.5 Å². The van der Waals surface area contributed by atoms with Gasteiger partial charge in [-0.15, -0.1) is 0 Å². The fourth-order valence-electron chi connectivity index (χ4n) is 4.60. The van der Waals surface area contributed by atoms with E-state index < -0.39 is 0 Å². The molecule has 4 rings (SSSR count). The van der Waals surface area contributed by atoms with Gasteiger partial charge in [0.1, 0.15) is 5.76 Å². The highest BCUT2D eigenvalue weighted by Crippen LogP contribution is 2.51. The van der Waals surface area contributed by atoms with Crippen LogP contribution in [0.3, 0.4) is 0 Å². The molecule has 21 heavy (non-hydrogen) atoms. The molecule has 3 aliphatic rings. The fourth-order valence-corrected chi connectivity index (χ4v) is 4.60. The van der Waals surface area contributed by atoms with E-state index in [2.05, 4.69) is 10.3 Å². The molecule has 1 amide bonds. The van der Waals surface area contributed by atoms with Crippen LogP contribution in [-0.2, 0) is 4.74 Å². The summed E-state index contributed by atoms with van der Waals surface area (Å²) in [5.74, 6) is 2.19. The number of fused-ring (bicyclic) bond motifs is 1. The molecule has 1 N–H and O–H groups in total. The van der Waals surface area contributed by atoms with Crippen LogP contribution < -0.4 is 5.32 Å². The van der Waals surface area contributed by atoms with Crippen molar-refractivity contribution < 1.29 is 13.9 Å². The van der Waals surface area contributed by atoms with Gasteiger partial charge in [0.25, 0.3) is 5.91 Å². The van der Waals surface area contributed by atoms with Crippen LogP contribution in [0, 0.1) is 24.7 Å². The number of amides is 1. The average Bonchev–Trinajstić information content (AvgIpc) is 3.17. The Bertz CT molecular complexity index is 531. The molecule has 4 atom stereocenters. The van der Waals surface area contributed by atoms with E-state index >= 15 is 0 Å². The topological polar surface area (TPSA) is 64.4 Å². The van der Waals surface area contributed by atoms with E-state index in [1.165, 1.54) is 32.1 Å². The summed E-state index contributed by atoms with van der Waals surface area (Å²) in [5, 5.41) is 3.22. The zero-order chi connectivity index (χ0) is 14.4. The molecule has 1 aromatic heterocycles. The molecule has 2 heterocycles. The van der Waals surface area contributed by atoms with Crippen molar-refractivity contribution in [1.82, 2.24) is 10.3 Å². The number of rotatable bonds is 3. The fraction of sp³-hybridized carbons (Fsp3) is 0.750. The van der Waals surface area contributed by atoms with E-state index in [0.717, 1.165) is 13.0 Å². The first kappa shape index (κ1) is 13.3. The minimum atomic E-state index is -0.0976. The number of hydrogen-bond donors (Lipinski definition) is 1. The summed E-state index contributed by atoms with van der Waals surface area (Å²) in [5.41, 5.74) is 0.419. The van der Waals surface area contributed by atoms with Crippen molar-refractivity contribution in [1.29, 1.82) is 0 Å². The van der Waals surface area contributed by atoms with Gasteiger partial charge in [-0.1, -0.05) is 25.7 Å². The van der Waals surface area contributed by atoms with Crippen molar-refractivity contribution in [2.24, 2.45) is 17.8 Å². The van der Waals surface area contributed by atoms with Gasteiger partial charge in [-0.05, 0) is 19.3 Å². The maximum Gasteiger partial charge on any atom is 0.273 e. The summed E-state index contributed by atoms with van der Waals surface area (Å²) < 4.78 is 11.1. The monoisotopic (exact) mass is 290 g/mol. The lowest BCUT2D eigenvalue weighted by molar-refractivity contribution is -0.0784. The maximum atomic E-state index is 12.4. The van der Waals surface area contributed by atoms with Gasteiger partial charge >= 0.3 is 0 Å². The minimum absolute atomic E-state index is 0.0976. The first-order valence-electron chi connectivity index (χ1n) is 8.08. The highest BCUT2D eigenvalue weighted by Gasteiger charge is 2.57. The number of aryl methyl sites for hydroxylation is 1. The lowest BCUT2D eigenvalue weighted by Crippen LogP contribution is -2.63. The van der Waals surface area contributed by atoms with Crippen molar-refractivity contribution in [3.63, 3.8) is 0 Å². The minimum Gasteiger partial charge on any atom is -0.448 e. The van der Waals surface area contributed by atoms with Gasteiger partial charge in [-0.2, -0.15) is 0 Å². The number of carbonyl (C=O) groups excluding carboxylic acids is 1. The molecule has 0 spiro atoms. The Morgan fingerprint density at radius 1 is 1.33 bits per heavy atom. The molecule has 0 radical (unpaired) electrons. The first-order chi connectivity index (χ1) is 10.3. The van der Waals surface area contributed by atoms with Crippen molar-refractivity contribution in [2.45, 2.75) is 51.2 Å². The Kier molecular flexibility index (Phi) is 3.25. The molecular weight excluding hydrogens is 268 g/mol. The largest absolute Gasteiger partial charge is 0.448 e. The Morgan fingerprint density at radius 3 is 2.86 bits per heavy atom. The van der Waals surface area contributed by atoms with Gasteiger partial charge in [-0.3, -0.25) is 4.79 Å². The van der Waals surface area contributed by atoms with Gasteiger partial charge in [0, 0.05) is 24.5 Å². The Labute approximate surface area is 124 Å². The predicted octanol–water partition coefficient (Wildman–Crippen LogP) is 2.31. The second-order valence-corrected chi connectivity index (χ2v) is 6.67. The molecule has 114 valence electrons. The third-order valence-electron chi connectivity index (χ3n) is 5.64. The Balaban J connectivity index is 1.50. The van der Waals surface area contributed by atoms with Gasteiger partial charge in [-0.25, -0.2) is 4.98 Å². The van der Waals surface area contributed by atoms with Gasteiger partial charge in [0.2, 0.25) is 0 Å². The molecule has 0 unspecified atom stereocenters. The van der Waals surface area contributed by atoms with E-state index in [0.29, 0.717) is 35.3 Å². The number of ether oxygens (including phenoxy) is 1. The summed E-state index contributed by atoms with van der Waals surface area (Å²) in [4.78, 5) is 16.4. The molecule has 2 saturated carbocycles. The van der Waals surface area contributed by atoms with E-state index in [9.17, 15) is 4.79 Å². The Hall–Kier alpha value is -1.36. The third-order valence-corrected chi connectivity index (χ3v) is 5.64. The smallest absolute Gasteiger partial charge is 0.273 e. The third kappa shape index (κ3) is 2.09. The summed E-state index contributed by atoms with van der Waals surface area (Å²) >= 11 is 0. The molecule has 3 fully saturated rings. The van der Waals surface area contributed by atoms with Crippen LogP contribution >= 0.6 is 0 Å². The van der Waals surface area contributed by atoms with E-state index in [4.69, 9.17) is 9.15 Å². The SMILES string of the molecule is Cc1ocnc1C(=O)N[C@H]1[C@@H]2CCO[C@@H]2[C@@H]1C1CCCC1. The second kappa shape index (κ2) is 5.13. The molecule has 2 aliphatic carbocycles. The van der Waals surface area contributed by atoms with Crippen LogP contribution in [0.4, 0.5) is 0 Å².